The highest BCUT2D eigenvalue weighted by atomic mass is 31.1. The molecule has 0 aliphatic carbocycles. The Bertz CT molecular complexity index is 1140. The minimum Gasteiger partial charge on any atom is -0.441 e. The van der Waals surface area contributed by atoms with Gasteiger partial charge in [0.1, 0.15) is 5.52 Å². The van der Waals surface area contributed by atoms with Gasteiger partial charge >= 0.3 is 0 Å². The van der Waals surface area contributed by atoms with E-state index >= 15 is 0 Å². The molecule has 5 rings (SSSR count). The van der Waals surface area contributed by atoms with Crippen LogP contribution in [-0.4, -0.2) is 46.6 Å². The molecule has 7 heteroatoms. The average molecular weight is 409 g/mol. The van der Waals surface area contributed by atoms with E-state index in [0.29, 0.717) is 25.6 Å². The van der Waals surface area contributed by atoms with Crippen molar-refractivity contribution in [3.63, 3.8) is 0 Å². The highest BCUT2D eigenvalue weighted by molar-refractivity contribution is 7.51. The summed E-state index contributed by atoms with van der Waals surface area (Å²) >= 11 is 0. The predicted octanol–water partition coefficient (Wildman–Crippen LogP) is 4.18. The van der Waals surface area contributed by atoms with Crippen molar-refractivity contribution in [2.24, 2.45) is 0 Å². The molecule has 4 heterocycles. The van der Waals surface area contributed by atoms with Crippen LogP contribution in [-0.2, 0) is 4.79 Å². The van der Waals surface area contributed by atoms with E-state index in [4.69, 9.17) is 4.42 Å². The Kier molecular flexibility index (Phi) is 4.49. The minimum atomic E-state index is -0.425. The van der Waals surface area contributed by atoms with Gasteiger partial charge in [0.05, 0.1) is 5.78 Å². The topological polar surface area (TPSA) is 49.6 Å². The molecule has 2 atom stereocenters. The molecule has 0 saturated heterocycles. The van der Waals surface area contributed by atoms with Gasteiger partial charge in [0.2, 0.25) is 0 Å². The lowest BCUT2D eigenvalue weighted by Crippen LogP contribution is -2.35. The van der Waals surface area contributed by atoms with Gasteiger partial charge in [-0.15, -0.1) is 0 Å². The Hall–Kier alpha value is -2.56. The summed E-state index contributed by atoms with van der Waals surface area (Å²) in [5, 5.41) is 0.839. The van der Waals surface area contributed by atoms with Crippen molar-refractivity contribution < 1.29 is 13.6 Å². The molecule has 0 saturated carbocycles. The molecule has 0 N–H and O–H groups in total. The zero-order valence-corrected chi connectivity index (χ0v) is 17.3. The number of hydrogen-bond acceptors (Lipinski definition) is 4. The van der Waals surface area contributed by atoms with Crippen LogP contribution in [0.15, 0.2) is 58.2 Å². The van der Waals surface area contributed by atoms with Crippen LogP contribution < -0.4 is 0 Å². The molecule has 0 bridgehead atoms. The van der Waals surface area contributed by atoms with Crippen molar-refractivity contribution in [3.05, 3.63) is 71.1 Å². The first-order chi connectivity index (χ1) is 14.0. The molecule has 3 aliphatic heterocycles. The van der Waals surface area contributed by atoms with E-state index in [1.807, 2.05) is 6.20 Å². The van der Waals surface area contributed by atoms with Gasteiger partial charge in [0.25, 0.3) is 5.91 Å². The monoisotopic (exact) mass is 409 g/mol. The molecule has 2 unspecified atom stereocenters. The number of allylic oxidation sites excluding steroid dienone is 2. The van der Waals surface area contributed by atoms with Crippen LogP contribution in [0.4, 0.5) is 4.39 Å². The first-order valence-electron chi connectivity index (χ1n) is 9.63. The van der Waals surface area contributed by atoms with E-state index < -0.39 is 5.82 Å². The number of benzene rings is 1. The summed E-state index contributed by atoms with van der Waals surface area (Å²) in [6.45, 7) is 3.65. The highest BCUT2D eigenvalue weighted by Crippen LogP contribution is 2.45. The zero-order chi connectivity index (χ0) is 20.1. The van der Waals surface area contributed by atoms with Gasteiger partial charge in [-0.1, -0.05) is 26.8 Å². The zero-order valence-electron chi connectivity index (χ0n) is 16.3. The summed E-state index contributed by atoms with van der Waals surface area (Å²) in [7, 11) is 2.44. The third-order valence-electron chi connectivity index (χ3n) is 5.51. The first-order valence-corrected chi connectivity index (χ1v) is 10.7. The Morgan fingerprint density at radius 1 is 1.34 bits per heavy atom. The van der Waals surface area contributed by atoms with Crippen LogP contribution in [0.5, 0.6) is 0 Å². The maximum absolute atomic E-state index is 14.5. The van der Waals surface area contributed by atoms with Gasteiger partial charge in [0.15, 0.2) is 17.3 Å². The van der Waals surface area contributed by atoms with Gasteiger partial charge in [-0.2, -0.15) is 0 Å². The average Bonchev–Trinajstić information content (AvgIpc) is 3.09. The number of carbonyl (C=O) groups excluding carboxylic acids is 1. The molecule has 2 aromatic rings. The van der Waals surface area contributed by atoms with Crippen molar-refractivity contribution >= 4 is 30.9 Å². The maximum atomic E-state index is 14.5. The summed E-state index contributed by atoms with van der Waals surface area (Å²) in [5.41, 5.74) is 3.72. The number of amides is 1. The summed E-state index contributed by atoms with van der Waals surface area (Å²) in [6, 6.07) is 3.22. The molecule has 1 amide bonds. The van der Waals surface area contributed by atoms with E-state index in [9.17, 15) is 9.18 Å². The van der Waals surface area contributed by atoms with Crippen molar-refractivity contribution in [3.8, 4) is 0 Å². The molecule has 0 radical (unpaired) electrons. The number of carbonyl (C=O) groups is 1. The molecule has 5 nitrogen and oxygen atoms in total. The number of fused-ring (bicyclic) bond motifs is 2. The Morgan fingerprint density at radius 3 is 3.00 bits per heavy atom. The number of hydrogen-bond donors (Lipinski definition) is 0. The molecular weight excluding hydrogens is 388 g/mol. The smallest absolute Gasteiger partial charge is 0.252 e. The number of rotatable bonds is 2. The van der Waals surface area contributed by atoms with Gasteiger partial charge in [0, 0.05) is 32.3 Å². The number of aryl methyl sites for hydroxylation is 1. The minimum absolute atomic E-state index is 0.0339. The number of likely N-dealkylation sites (N-methyl/N-ethyl adjacent to an activating group) is 1. The first kappa shape index (κ1) is 18.5. The molecule has 29 heavy (non-hydrogen) atoms. The quantitative estimate of drug-likeness (QED) is 0.699. The lowest BCUT2D eigenvalue weighted by molar-refractivity contribution is -0.123. The second-order valence-electron chi connectivity index (χ2n) is 7.62. The van der Waals surface area contributed by atoms with E-state index in [0.717, 1.165) is 30.4 Å². The Labute approximate surface area is 170 Å². The maximum Gasteiger partial charge on any atom is 0.252 e. The lowest BCUT2D eigenvalue weighted by atomic mass is 9.98. The SMILES string of the molecule is Cc1nc2c(F)cc(C3=CC(=O)N4C=C(C5=CCN(C)CC5)C=CC4P3)cc2o1. The molecule has 0 spiro atoms. The largest absolute Gasteiger partial charge is 0.441 e. The molecular formula is C22H21FN3O2P. The van der Waals surface area contributed by atoms with Crippen LogP contribution in [0.1, 0.15) is 17.9 Å². The summed E-state index contributed by atoms with van der Waals surface area (Å²) in [6.07, 6.45) is 11.0. The summed E-state index contributed by atoms with van der Waals surface area (Å²) < 4.78 is 20.0. The number of halogens is 1. The predicted molar refractivity (Wildman–Crippen MR) is 113 cm³/mol. The molecule has 0 fully saturated rings. The number of aromatic nitrogens is 1. The van der Waals surface area contributed by atoms with Crippen LogP contribution in [0.2, 0.25) is 0 Å². The van der Waals surface area contributed by atoms with Gasteiger partial charge in [-0.25, -0.2) is 9.37 Å². The number of oxazole rings is 1. The van der Waals surface area contributed by atoms with Gasteiger partial charge in [-0.05, 0) is 47.6 Å². The van der Waals surface area contributed by atoms with Crippen molar-refractivity contribution in [2.75, 3.05) is 20.1 Å². The second-order valence-corrected chi connectivity index (χ2v) is 9.03. The fourth-order valence-corrected chi connectivity index (χ4v) is 5.29. The summed E-state index contributed by atoms with van der Waals surface area (Å²) in [4.78, 5) is 21.0. The standard InChI is InChI=1S/C22H21FN3O2P/c1-13-24-22-17(23)9-16(10-18(22)28-13)19-11-20(27)26-12-15(3-4-21(26)29-19)14-5-7-25(2)8-6-14/h3-5,9-12,21,29H,6-8H2,1-2H3. The van der Waals surface area contributed by atoms with Gasteiger partial charge < -0.3 is 14.2 Å². The fraction of sp³-hybridized carbons (Fsp3) is 0.273. The lowest BCUT2D eigenvalue weighted by Gasteiger charge is -2.34. The van der Waals surface area contributed by atoms with Crippen LogP contribution >= 0.6 is 8.58 Å². The van der Waals surface area contributed by atoms with Crippen molar-refractivity contribution in [1.82, 2.24) is 14.8 Å². The van der Waals surface area contributed by atoms with Crippen LogP contribution in [0.25, 0.3) is 16.4 Å². The third-order valence-corrected chi connectivity index (χ3v) is 7.02. The van der Waals surface area contributed by atoms with E-state index in [1.165, 1.54) is 11.6 Å². The fourth-order valence-electron chi connectivity index (χ4n) is 3.92. The highest BCUT2D eigenvalue weighted by Gasteiger charge is 2.29. The molecule has 3 aliphatic rings. The molecule has 1 aromatic carbocycles. The van der Waals surface area contributed by atoms with Crippen LogP contribution in [0, 0.1) is 12.7 Å². The Balaban J connectivity index is 1.45. The number of nitrogens with zero attached hydrogens (tertiary/aromatic N) is 3. The van der Waals surface area contributed by atoms with Gasteiger partial charge in [-0.3, -0.25) is 4.79 Å². The molecule has 148 valence electrons. The van der Waals surface area contributed by atoms with E-state index in [2.05, 4.69) is 35.2 Å². The van der Waals surface area contributed by atoms with Crippen molar-refractivity contribution in [2.45, 2.75) is 19.1 Å². The Morgan fingerprint density at radius 2 is 2.21 bits per heavy atom. The second kappa shape index (κ2) is 7.05. The van der Waals surface area contributed by atoms with Crippen LogP contribution in [0.3, 0.4) is 0 Å². The summed E-state index contributed by atoms with van der Waals surface area (Å²) in [5.74, 6) is -0.110. The van der Waals surface area contributed by atoms with Crippen molar-refractivity contribution in [1.29, 1.82) is 0 Å². The third kappa shape index (κ3) is 3.37. The van der Waals surface area contributed by atoms with E-state index in [-0.39, 0.29) is 17.2 Å². The van der Waals surface area contributed by atoms with E-state index in [1.54, 1.807) is 24.0 Å². The normalized spacial score (nSPS) is 23.3. The molecule has 1 aromatic heterocycles.